The average Bonchev–Trinajstić information content (AvgIpc) is 3.08. The summed E-state index contributed by atoms with van der Waals surface area (Å²) in [6.07, 6.45) is 1.42. The Balaban J connectivity index is 2.10. The van der Waals surface area contributed by atoms with Gasteiger partial charge in [-0.3, -0.25) is 14.4 Å². The second-order valence-corrected chi connectivity index (χ2v) is 7.42. The largest absolute Gasteiger partial charge is 0.459 e. The highest BCUT2D eigenvalue weighted by molar-refractivity contribution is 6.04. The van der Waals surface area contributed by atoms with Crippen molar-refractivity contribution in [3.05, 3.63) is 53.5 Å². The van der Waals surface area contributed by atoms with Gasteiger partial charge in [-0.25, -0.2) is 0 Å². The van der Waals surface area contributed by atoms with E-state index in [1.807, 2.05) is 27.7 Å². The van der Waals surface area contributed by atoms with Crippen molar-refractivity contribution in [2.24, 2.45) is 0 Å². The first kappa shape index (κ1) is 20.2. The third-order valence-corrected chi connectivity index (χ3v) is 3.72. The van der Waals surface area contributed by atoms with E-state index in [0.29, 0.717) is 11.3 Å². The highest BCUT2D eigenvalue weighted by Crippen LogP contribution is 2.19. The number of hydrogen-bond donors (Lipinski definition) is 2. The van der Waals surface area contributed by atoms with Crippen LogP contribution in [-0.2, 0) is 4.79 Å². The quantitative estimate of drug-likeness (QED) is 0.845. The zero-order valence-electron chi connectivity index (χ0n) is 16.3. The molecule has 0 bridgehead atoms. The Morgan fingerprint density at radius 2 is 1.85 bits per heavy atom. The normalized spacial score (nSPS) is 11.0. The van der Waals surface area contributed by atoms with Crippen LogP contribution in [0, 0.1) is 6.92 Å². The first-order valence-electron chi connectivity index (χ1n) is 8.59. The molecule has 3 amide bonds. The number of nitrogens with zero attached hydrogens (tertiary/aromatic N) is 1. The summed E-state index contributed by atoms with van der Waals surface area (Å²) < 4.78 is 5.08. The number of likely N-dealkylation sites (N-methyl/N-ethyl adjacent to an activating group) is 1. The molecule has 7 heteroatoms. The molecule has 0 fully saturated rings. The minimum atomic E-state index is -0.398. The van der Waals surface area contributed by atoms with Crippen LogP contribution in [0.4, 0.5) is 5.69 Å². The van der Waals surface area contributed by atoms with Crippen LogP contribution in [0.3, 0.4) is 0 Å². The van der Waals surface area contributed by atoms with Gasteiger partial charge in [-0.05, 0) is 57.5 Å². The molecule has 0 saturated heterocycles. The summed E-state index contributed by atoms with van der Waals surface area (Å²) in [5, 5.41) is 5.55. The van der Waals surface area contributed by atoms with Crippen molar-refractivity contribution in [1.29, 1.82) is 0 Å². The summed E-state index contributed by atoms with van der Waals surface area (Å²) in [7, 11) is 1.56. The number of aryl methyl sites for hydroxylation is 1. The summed E-state index contributed by atoms with van der Waals surface area (Å²) in [4.78, 5) is 38.2. The van der Waals surface area contributed by atoms with Crippen LogP contribution in [0.1, 0.15) is 47.2 Å². The van der Waals surface area contributed by atoms with Gasteiger partial charge in [0.25, 0.3) is 11.8 Å². The second-order valence-electron chi connectivity index (χ2n) is 7.42. The highest BCUT2D eigenvalue weighted by Gasteiger charge is 2.20. The van der Waals surface area contributed by atoms with Crippen molar-refractivity contribution in [3.8, 4) is 0 Å². The zero-order chi connectivity index (χ0) is 20.2. The van der Waals surface area contributed by atoms with Gasteiger partial charge in [-0.15, -0.1) is 0 Å². The highest BCUT2D eigenvalue weighted by atomic mass is 16.3. The van der Waals surface area contributed by atoms with Gasteiger partial charge in [0.1, 0.15) is 0 Å². The molecule has 0 aliphatic heterocycles. The summed E-state index contributed by atoms with van der Waals surface area (Å²) in [5.74, 6) is -0.767. The molecule has 0 aliphatic carbocycles. The van der Waals surface area contributed by atoms with E-state index in [1.54, 1.807) is 37.4 Å². The molecule has 2 rings (SSSR count). The van der Waals surface area contributed by atoms with Crippen LogP contribution in [0.2, 0.25) is 0 Å². The van der Waals surface area contributed by atoms with Gasteiger partial charge < -0.3 is 20.0 Å². The predicted octanol–water partition coefficient (Wildman–Crippen LogP) is 2.83. The number of amides is 3. The molecule has 7 nitrogen and oxygen atoms in total. The number of nitrogens with one attached hydrogen (secondary N) is 2. The zero-order valence-corrected chi connectivity index (χ0v) is 16.3. The second kappa shape index (κ2) is 8.07. The molecule has 1 aromatic heterocycles. The fourth-order valence-corrected chi connectivity index (χ4v) is 2.45. The standard InChI is InChI=1S/C20H25N3O4/c1-13-8-9-14(11-15(13)21-18(25)16-7-6-10-27-16)19(26)23(5)12-17(24)22-20(2,3)4/h6-11H,12H2,1-5H3,(H,21,25)(H,22,24). The van der Waals surface area contributed by atoms with E-state index in [0.717, 1.165) is 5.56 Å². The molecule has 144 valence electrons. The summed E-state index contributed by atoms with van der Waals surface area (Å²) in [6, 6.07) is 8.18. The van der Waals surface area contributed by atoms with Crippen LogP contribution in [0.25, 0.3) is 0 Å². The lowest BCUT2D eigenvalue weighted by Gasteiger charge is -2.23. The van der Waals surface area contributed by atoms with Gasteiger partial charge in [0.15, 0.2) is 5.76 Å². The van der Waals surface area contributed by atoms with Gasteiger partial charge in [0, 0.05) is 23.8 Å². The SMILES string of the molecule is Cc1ccc(C(=O)N(C)CC(=O)NC(C)(C)C)cc1NC(=O)c1ccco1. The molecule has 2 N–H and O–H groups in total. The number of hydrogen-bond acceptors (Lipinski definition) is 4. The van der Waals surface area contributed by atoms with Crippen molar-refractivity contribution in [2.45, 2.75) is 33.2 Å². The van der Waals surface area contributed by atoms with Crippen molar-refractivity contribution < 1.29 is 18.8 Å². The minimum Gasteiger partial charge on any atom is -0.459 e. The molecule has 0 aliphatic rings. The third-order valence-electron chi connectivity index (χ3n) is 3.72. The van der Waals surface area contributed by atoms with Gasteiger partial charge in [-0.2, -0.15) is 0 Å². The van der Waals surface area contributed by atoms with E-state index in [9.17, 15) is 14.4 Å². The molecule has 1 heterocycles. The van der Waals surface area contributed by atoms with Crippen molar-refractivity contribution in [1.82, 2.24) is 10.2 Å². The van der Waals surface area contributed by atoms with Crippen LogP contribution in [-0.4, -0.2) is 41.8 Å². The molecular formula is C20H25N3O4. The number of anilines is 1. The Labute approximate surface area is 158 Å². The van der Waals surface area contributed by atoms with Crippen molar-refractivity contribution in [3.63, 3.8) is 0 Å². The Hall–Kier alpha value is -3.09. The lowest BCUT2D eigenvalue weighted by molar-refractivity contribution is -0.122. The number of furan rings is 1. The van der Waals surface area contributed by atoms with Gasteiger partial charge in [0.05, 0.1) is 12.8 Å². The van der Waals surface area contributed by atoms with Crippen molar-refractivity contribution >= 4 is 23.4 Å². The first-order chi connectivity index (χ1) is 12.6. The molecule has 0 saturated carbocycles. The van der Waals surface area contributed by atoms with E-state index in [-0.39, 0.29) is 29.7 Å². The molecule has 2 aromatic rings. The molecule has 0 unspecified atom stereocenters. The van der Waals surface area contributed by atoms with Gasteiger partial charge >= 0.3 is 0 Å². The van der Waals surface area contributed by atoms with Crippen molar-refractivity contribution in [2.75, 3.05) is 18.9 Å². The Kier molecular flexibility index (Phi) is 6.05. The molecule has 0 radical (unpaired) electrons. The van der Waals surface area contributed by atoms with Crippen LogP contribution < -0.4 is 10.6 Å². The van der Waals surface area contributed by atoms with Crippen LogP contribution in [0.5, 0.6) is 0 Å². The lowest BCUT2D eigenvalue weighted by Crippen LogP contribution is -2.46. The molecule has 1 aromatic carbocycles. The predicted molar refractivity (Wildman–Crippen MR) is 103 cm³/mol. The average molecular weight is 371 g/mol. The van der Waals surface area contributed by atoms with E-state index in [2.05, 4.69) is 10.6 Å². The molecular weight excluding hydrogens is 346 g/mol. The van der Waals surface area contributed by atoms with E-state index in [1.165, 1.54) is 11.2 Å². The van der Waals surface area contributed by atoms with E-state index in [4.69, 9.17) is 4.42 Å². The summed E-state index contributed by atoms with van der Waals surface area (Å²) in [5.41, 5.74) is 1.32. The number of carbonyl (C=O) groups is 3. The summed E-state index contributed by atoms with van der Waals surface area (Å²) >= 11 is 0. The number of benzene rings is 1. The third kappa shape index (κ3) is 5.70. The maximum atomic E-state index is 12.6. The van der Waals surface area contributed by atoms with Crippen LogP contribution >= 0.6 is 0 Å². The Morgan fingerprint density at radius 3 is 2.44 bits per heavy atom. The van der Waals surface area contributed by atoms with Crippen LogP contribution in [0.15, 0.2) is 41.0 Å². The molecule has 0 atom stereocenters. The topological polar surface area (TPSA) is 91.7 Å². The van der Waals surface area contributed by atoms with E-state index < -0.39 is 5.91 Å². The fourth-order valence-electron chi connectivity index (χ4n) is 2.45. The van der Waals surface area contributed by atoms with Gasteiger partial charge in [0.2, 0.25) is 5.91 Å². The summed E-state index contributed by atoms with van der Waals surface area (Å²) in [6.45, 7) is 7.40. The van der Waals surface area contributed by atoms with E-state index >= 15 is 0 Å². The number of carbonyl (C=O) groups excluding carboxylic acids is 3. The maximum Gasteiger partial charge on any atom is 0.291 e. The molecule has 27 heavy (non-hydrogen) atoms. The lowest BCUT2D eigenvalue weighted by atomic mass is 10.1. The van der Waals surface area contributed by atoms with Gasteiger partial charge in [-0.1, -0.05) is 6.07 Å². The monoisotopic (exact) mass is 371 g/mol. The number of rotatable bonds is 5. The first-order valence-corrected chi connectivity index (χ1v) is 8.59. The fraction of sp³-hybridized carbons (Fsp3) is 0.350. The minimum absolute atomic E-state index is 0.0575. The molecule has 0 spiro atoms. The Bertz CT molecular complexity index is 835. The Morgan fingerprint density at radius 1 is 1.15 bits per heavy atom. The maximum absolute atomic E-state index is 12.6. The smallest absolute Gasteiger partial charge is 0.291 e.